The lowest BCUT2D eigenvalue weighted by atomic mass is 9.99. The van der Waals surface area contributed by atoms with Crippen molar-refractivity contribution >= 4 is 34.0 Å². The molecule has 0 aromatic heterocycles. The van der Waals surface area contributed by atoms with Crippen molar-refractivity contribution in [1.29, 1.82) is 0 Å². The highest BCUT2D eigenvalue weighted by Crippen LogP contribution is 2.32. The van der Waals surface area contributed by atoms with Crippen LogP contribution in [0.1, 0.15) is 25.7 Å². The summed E-state index contributed by atoms with van der Waals surface area (Å²) in [6.07, 6.45) is 3.61. The van der Waals surface area contributed by atoms with Gasteiger partial charge in [0.1, 0.15) is 10.6 Å². The number of ether oxygens (including phenoxy) is 2. The van der Waals surface area contributed by atoms with Crippen LogP contribution in [0.3, 0.4) is 0 Å². The molecule has 3 rings (SSSR count). The van der Waals surface area contributed by atoms with Gasteiger partial charge in [0, 0.05) is 31.3 Å². The second-order valence-electron chi connectivity index (χ2n) is 7.20. The van der Waals surface area contributed by atoms with Gasteiger partial charge in [0.2, 0.25) is 15.9 Å². The van der Waals surface area contributed by atoms with Gasteiger partial charge >= 0.3 is 0 Å². The summed E-state index contributed by atoms with van der Waals surface area (Å²) in [6, 6.07) is 4.57. The molecule has 1 aliphatic carbocycles. The topological polar surface area (TPSA) is 106 Å². The molecule has 1 aromatic rings. The third-order valence-corrected chi connectivity index (χ3v) is 6.46. The van der Waals surface area contributed by atoms with Crippen molar-refractivity contribution < 1.29 is 22.7 Å². The van der Waals surface area contributed by atoms with Gasteiger partial charge in [0.25, 0.3) is 0 Å². The lowest BCUT2D eigenvalue weighted by Gasteiger charge is -2.29. The number of hydrogen-bond donors (Lipinski definition) is 3. The van der Waals surface area contributed by atoms with Crippen molar-refractivity contribution in [3.63, 3.8) is 0 Å². The Balaban J connectivity index is 0.00000280. The zero-order valence-electron chi connectivity index (χ0n) is 16.1. The number of amides is 1. The van der Waals surface area contributed by atoms with Crippen LogP contribution in [0.25, 0.3) is 0 Å². The van der Waals surface area contributed by atoms with Crippen LogP contribution in [0.5, 0.6) is 5.75 Å². The SMILES string of the molecule is COCC1(CNS(=O)(=O)c2ccc(NC(=O)C3CC3)cc2OC)CCCN1.Cl. The van der Waals surface area contributed by atoms with Gasteiger partial charge in [0.15, 0.2) is 0 Å². The molecular formula is C18H28ClN3O5S. The third-order valence-electron chi connectivity index (χ3n) is 5.02. The molecule has 0 bridgehead atoms. The van der Waals surface area contributed by atoms with Crippen molar-refractivity contribution in [3.8, 4) is 5.75 Å². The molecule has 0 spiro atoms. The van der Waals surface area contributed by atoms with Gasteiger partial charge in [-0.15, -0.1) is 12.4 Å². The van der Waals surface area contributed by atoms with Crippen molar-refractivity contribution in [1.82, 2.24) is 10.0 Å². The van der Waals surface area contributed by atoms with Crippen LogP contribution < -0.4 is 20.1 Å². The van der Waals surface area contributed by atoms with E-state index in [2.05, 4.69) is 15.4 Å². The zero-order valence-corrected chi connectivity index (χ0v) is 17.7. The Hall–Kier alpha value is -1.39. The zero-order chi connectivity index (χ0) is 19.5. The van der Waals surface area contributed by atoms with Gasteiger partial charge in [0.05, 0.1) is 19.3 Å². The predicted octanol–water partition coefficient (Wildman–Crippen LogP) is 1.51. The number of halogens is 1. The van der Waals surface area contributed by atoms with E-state index in [0.29, 0.717) is 12.3 Å². The van der Waals surface area contributed by atoms with E-state index >= 15 is 0 Å². The molecule has 1 aliphatic heterocycles. The summed E-state index contributed by atoms with van der Waals surface area (Å²) in [4.78, 5) is 11.9. The maximum atomic E-state index is 12.8. The van der Waals surface area contributed by atoms with Crippen LogP contribution in [0.2, 0.25) is 0 Å². The predicted molar refractivity (Wildman–Crippen MR) is 109 cm³/mol. The molecule has 1 heterocycles. The fourth-order valence-electron chi connectivity index (χ4n) is 3.34. The Morgan fingerprint density at radius 2 is 2.07 bits per heavy atom. The third kappa shape index (κ3) is 5.36. The van der Waals surface area contributed by atoms with Gasteiger partial charge in [-0.25, -0.2) is 13.1 Å². The van der Waals surface area contributed by atoms with Gasteiger partial charge < -0.3 is 20.1 Å². The van der Waals surface area contributed by atoms with Crippen LogP contribution in [-0.2, 0) is 19.6 Å². The number of anilines is 1. The van der Waals surface area contributed by atoms with E-state index in [1.165, 1.54) is 19.2 Å². The summed E-state index contributed by atoms with van der Waals surface area (Å²) in [5, 5.41) is 6.14. The summed E-state index contributed by atoms with van der Waals surface area (Å²) in [5.41, 5.74) is 0.128. The number of carbonyl (C=O) groups excluding carboxylic acids is 1. The summed E-state index contributed by atoms with van der Waals surface area (Å²) in [7, 11) is -0.766. The molecule has 28 heavy (non-hydrogen) atoms. The lowest BCUT2D eigenvalue weighted by Crippen LogP contribution is -2.52. The van der Waals surface area contributed by atoms with Gasteiger partial charge in [-0.2, -0.15) is 0 Å². The van der Waals surface area contributed by atoms with E-state index in [4.69, 9.17) is 9.47 Å². The highest BCUT2D eigenvalue weighted by atomic mass is 35.5. The minimum Gasteiger partial charge on any atom is -0.495 e. The minimum atomic E-state index is -3.78. The molecule has 1 unspecified atom stereocenters. The first-order valence-electron chi connectivity index (χ1n) is 9.12. The summed E-state index contributed by atoms with van der Waals surface area (Å²) in [6.45, 7) is 1.50. The molecule has 3 N–H and O–H groups in total. The summed E-state index contributed by atoms with van der Waals surface area (Å²) >= 11 is 0. The summed E-state index contributed by atoms with van der Waals surface area (Å²) in [5.74, 6) is 0.216. The average Bonchev–Trinajstić information content (AvgIpc) is 3.40. The number of carbonyl (C=O) groups is 1. The minimum absolute atomic E-state index is 0. The smallest absolute Gasteiger partial charge is 0.244 e. The molecule has 2 aliphatic rings. The molecule has 1 amide bonds. The Kier molecular flexibility index (Phi) is 7.69. The largest absolute Gasteiger partial charge is 0.495 e. The first-order chi connectivity index (χ1) is 12.9. The molecule has 8 nitrogen and oxygen atoms in total. The fourth-order valence-corrected chi connectivity index (χ4v) is 4.61. The molecule has 1 saturated heterocycles. The molecular weight excluding hydrogens is 406 g/mol. The van der Waals surface area contributed by atoms with Crippen molar-refractivity contribution in [2.45, 2.75) is 36.1 Å². The first kappa shape index (κ1) is 22.9. The quantitative estimate of drug-likeness (QED) is 0.545. The van der Waals surface area contributed by atoms with E-state index in [1.807, 2.05) is 0 Å². The van der Waals surface area contributed by atoms with Crippen LogP contribution >= 0.6 is 12.4 Å². The van der Waals surface area contributed by atoms with Gasteiger partial charge in [-0.3, -0.25) is 4.79 Å². The fraction of sp³-hybridized carbons (Fsp3) is 0.611. The normalized spacial score (nSPS) is 21.8. The number of rotatable bonds is 9. The highest BCUT2D eigenvalue weighted by molar-refractivity contribution is 7.89. The van der Waals surface area contributed by atoms with Crippen LogP contribution in [-0.4, -0.2) is 53.8 Å². The maximum Gasteiger partial charge on any atom is 0.244 e. The Morgan fingerprint density at radius 1 is 1.32 bits per heavy atom. The van der Waals surface area contributed by atoms with E-state index in [0.717, 1.165) is 32.2 Å². The van der Waals surface area contributed by atoms with Gasteiger partial charge in [-0.05, 0) is 44.4 Å². The standard InChI is InChI=1S/C18H27N3O5S.ClH/c1-25-12-18(8-3-9-19-18)11-20-27(23,24)16-7-6-14(10-15(16)26-2)21-17(22)13-4-5-13;/h6-7,10,13,19-20H,3-5,8-9,11-12H2,1-2H3,(H,21,22);1H. The van der Waals surface area contributed by atoms with Crippen LogP contribution in [0.4, 0.5) is 5.69 Å². The molecule has 1 atom stereocenters. The number of methoxy groups -OCH3 is 2. The monoisotopic (exact) mass is 433 g/mol. The second-order valence-corrected chi connectivity index (χ2v) is 8.93. The van der Waals surface area contributed by atoms with Crippen molar-refractivity contribution in [2.24, 2.45) is 5.92 Å². The molecule has 1 aromatic carbocycles. The lowest BCUT2D eigenvalue weighted by molar-refractivity contribution is -0.117. The maximum absolute atomic E-state index is 12.8. The van der Waals surface area contributed by atoms with Crippen LogP contribution in [0, 0.1) is 5.92 Å². The molecule has 158 valence electrons. The number of sulfonamides is 1. The second kappa shape index (κ2) is 9.41. The van der Waals surface area contributed by atoms with Crippen LogP contribution in [0.15, 0.2) is 23.1 Å². The summed E-state index contributed by atoms with van der Waals surface area (Å²) < 4.78 is 38.8. The van der Waals surface area contributed by atoms with Gasteiger partial charge in [-0.1, -0.05) is 0 Å². The van der Waals surface area contributed by atoms with Crippen molar-refractivity contribution in [3.05, 3.63) is 18.2 Å². The Bertz CT molecular complexity index is 792. The molecule has 0 radical (unpaired) electrons. The van der Waals surface area contributed by atoms with E-state index in [-0.39, 0.29) is 41.4 Å². The molecule has 1 saturated carbocycles. The van der Waals surface area contributed by atoms with E-state index in [1.54, 1.807) is 13.2 Å². The number of nitrogens with one attached hydrogen (secondary N) is 3. The van der Waals surface area contributed by atoms with E-state index < -0.39 is 15.6 Å². The van der Waals surface area contributed by atoms with Crippen molar-refractivity contribution in [2.75, 3.05) is 39.2 Å². The number of benzene rings is 1. The Morgan fingerprint density at radius 3 is 2.64 bits per heavy atom. The average molecular weight is 434 g/mol. The van der Waals surface area contributed by atoms with E-state index in [9.17, 15) is 13.2 Å². The molecule has 10 heteroatoms. The first-order valence-corrected chi connectivity index (χ1v) is 10.6. The highest BCUT2D eigenvalue weighted by Gasteiger charge is 2.35. The Labute approximate surface area is 172 Å². The molecule has 2 fully saturated rings. The number of hydrogen-bond acceptors (Lipinski definition) is 6.